The van der Waals surface area contributed by atoms with Crippen LogP contribution >= 0.6 is 11.6 Å². The Morgan fingerprint density at radius 2 is 1.91 bits per heavy atom. The number of ether oxygens (including phenoxy) is 1. The van der Waals surface area contributed by atoms with Gasteiger partial charge >= 0.3 is 6.18 Å². The van der Waals surface area contributed by atoms with Gasteiger partial charge in [-0.15, -0.1) is 0 Å². The molecule has 1 N–H and O–H groups in total. The van der Waals surface area contributed by atoms with Crippen LogP contribution in [0, 0.1) is 0 Å². The number of halogens is 4. The molecule has 0 saturated heterocycles. The standard InChI is InChI=1S/C15H13ClF3N3O/c1-20-13-11-7-23-6-10(12(11)21-14(16)22-13)8-2-4-9(5-3-8)15(17,18)19/h2-5,10H,6-7H2,1H3,(H,20,21,22). The lowest BCUT2D eigenvalue weighted by atomic mass is 9.91. The zero-order chi connectivity index (χ0) is 16.6. The number of nitrogens with zero attached hydrogens (tertiary/aromatic N) is 2. The number of anilines is 1. The van der Waals surface area contributed by atoms with E-state index < -0.39 is 11.7 Å². The van der Waals surface area contributed by atoms with Gasteiger partial charge in [-0.1, -0.05) is 12.1 Å². The van der Waals surface area contributed by atoms with Crippen LogP contribution in [0.15, 0.2) is 24.3 Å². The lowest BCUT2D eigenvalue weighted by Crippen LogP contribution is -2.21. The van der Waals surface area contributed by atoms with E-state index in [9.17, 15) is 13.2 Å². The predicted octanol–water partition coefficient (Wildman–Crippen LogP) is 3.85. The first-order valence-electron chi connectivity index (χ1n) is 6.89. The molecule has 122 valence electrons. The van der Waals surface area contributed by atoms with Crippen molar-refractivity contribution in [2.24, 2.45) is 0 Å². The molecule has 23 heavy (non-hydrogen) atoms. The molecule has 1 atom stereocenters. The number of nitrogens with one attached hydrogen (secondary N) is 1. The van der Waals surface area contributed by atoms with E-state index in [4.69, 9.17) is 16.3 Å². The summed E-state index contributed by atoms with van der Waals surface area (Å²) in [6.45, 7) is 0.661. The molecule has 0 bridgehead atoms. The van der Waals surface area contributed by atoms with E-state index >= 15 is 0 Å². The quantitative estimate of drug-likeness (QED) is 0.841. The summed E-state index contributed by atoms with van der Waals surface area (Å²) >= 11 is 5.95. The van der Waals surface area contributed by atoms with Gasteiger partial charge in [0.2, 0.25) is 5.28 Å². The summed E-state index contributed by atoms with van der Waals surface area (Å²) in [6, 6.07) is 5.01. The molecule has 8 heteroatoms. The molecule has 3 rings (SSSR count). The molecule has 4 nitrogen and oxygen atoms in total. The Morgan fingerprint density at radius 3 is 2.52 bits per heavy atom. The molecule has 1 aromatic carbocycles. The lowest BCUT2D eigenvalue weighted by Gasteiger charge is -2.26. The van der Waals surface area contributed by atoms with Crippen LogP contribution in [-0.2, 0) is 17.5 Å². The summed E-state index contributed by atoms with van der Waals surface area (Å²) in [5, 5.41) is 3.02. The highest BCUT2D eigenvalue weighted by molar-refractivity contribution is 6.28. The molecular weight excluding hydrogens is 331 g/mol. The van der Waals surface area contributed by atoms with Gasteiger partial charge in [-0.3, -0.25) is 0 Å². The maximum atomic E-state index is 12.7. The summed E-state index contributed by atoms with van der Waals surface area (Å²) in [5.41, 5.74) is 1.46. The van der Waals surface area contributed by atoms with Crippen molar-refractivity contribution in [2.75, 3.05) is 19.0 Å². The predicted molar refractivity (Wildman–Crippen MR) is 79.5 cm³/mol. The van der Waals surface area contributed by atoms with Crippen LogP contribution < -0.4 is 5.32 Å². The molecule has 2 heterocycles. The lowest BCUT2D eigenvalue weighted by molar-refractivity contribution is -0.137. The minimum atomic E-state index is -4.36. The summed E-state index contributed by atoms with van der Waals surface area (Å²) in [4.78, 5) is 8.36. The van der Waals surface area contributed by atoms with Crippen molar-refractivity contribution >= 4 is 17.4 Å². The second-order valence-corrected chi connectivity index (χ2v) is 5.48. The first-order valence-corrected chi connectivity index (χ1v) is 7.27. The van der Waals surface area contributed by atoms with Gasteiger partial charge in [0.1, 0.15) is 5.82 Å². The molecule has 0 aliphatic carbocycles. The van der Waals surface area contributed by atoms with E-state index in [0.29, 0.717) is 30.3 Å². The third kappa shape index (κ3) is 3.11. The molecule has 0 spiro atoms. The molecule has 0 radical (unpaired) electrons. The highest BCUT2D eigenvalue weighted by Gasteiger charge is 2.31. The Labute approximate surface area is 135 Å². The fourth-order valence-electron chi connectivity index (χ4n) is 2.63. The average molecular weight is 344 g/mol. The number of rotatable bonds is 2. The third-order valence-corrected chi connectivity index (χ3v) is 3.92. The largest absolute Gasteiger partial charge is 0.416 e. The highest BCUT2D eigenvalue weighted by Crippen LogP contribution is 2.36. The number of fused-ring (bicyclic) bond motifs is 1. The normalized spacial score (nSPS) is 17.7. The molecule has 0 amide bonds. The van der Waals surface area contributed by atoms with Crippen molar-refractivity contribution in [3.63, 3.8) is 0 Å². The van der Waals surface area contributed by atoms with E-state index in [1.54, 1.807) is 7.05 Å². The van der Waals surface area contributed by atoms with Gasteiger partial charge in [-0.05, 0) is 29.3 Å². The topological polar surface area (TPSA) is 47.0 Å². The maximum absolute atomic E-state index is 12.7. The van der Waals surface area contributed by atoms with Crippen LogP contribution in [0.3, 0.4) is 0 Å². The highest BCUT2D eigenvalue weighted by atomic mass is 35.5. The molecule has 0 fully saturated rings. The van der Waals surface area contributed by atoms with Crippen LogP contribution in [0.25, 0.3) is 0 Å². The maximum Gasteiger partial charge on any atom is 0.416 e. The monoisotopic (exact) mass is 343 g/mol. The number of hydrogen-bond acceptors (Lipinski definition) is 4. The molecule has 1 unspecified atom stereocenters. The van der Waals surface area contributed by atoms with Gasteiger partial charge in [0, 0.05) is 12.6 Å². The smallest absolute Gasteiger partial charge is 0.376 e. The van der Waals surface area contributed by atoms with Gasteiger partial charge in [-0.25, -0.2) is 9.97 Å². The minimum Gasteiger partial charge on any atom is -0.376 e. The fourth-order valence-corrected chi connectivity index (χ4v) is 2.80. The van der Waals surface area contributed by atoms with E-state index in [0.717, 1.165) is 17.7 Å². The zero-order valence-electron chi connectivity index (χ0n) is 12.1. The van der Waals surface area contributed by atoms with E-state index in [-0.39, 0.29) is 11.2 Å². The van der Waals surface area contributed by atoms with Crippen LogP contribution in [-0.4, -0.2) is 23.6 Å². The van der Waals surface area contributed by atoms with Crippen LogP contribution in [0.2, 0.25) is 5.28 Å². The van der Waals surface area contributed by atoms with Crippen molar-refractivity contribution < 1.29 is 17.9 Å². The first-order chi connectivity index (χ1) is 10.9. The average Bonchev–Trinajstić information content (AvgIpc) is 2.53. The summed E-state index contributed by atoms with van der Waals surface area (Å²) < 4.78 is 43.6. The SMILES string of the molecule is CNc1nc(Cl)nc2c1COCC2c1ccc(C(F)(F)F)cc1. The van der Waals surface area contributed by atoms with Crippen molar-refractivity contribution in [2.45, 2.75) is 18.7 Å². The molecule has 1 aliphatic rings. The van der Waals surface area contributed by atoms with Crippen molar-refractivity contribution in [3.05, 3.63) is 51.9 Å². The zero-order valence-corrected chi connectivity index (χ0v) is 12.9. The van der Waals surface area contributed by atoms with E-state index in [2.05, 4.69) is 15.3 Å². The van der Waals surface area contributed by atoms with E-state index in [1.165, 1.54) is 12.1 Å². The van der Waals surface area contributed by atoms with Crippen molar-refractivity contribution in [3.8, 4) is 0 Å². The number of benzene rings is 1. The van der Waals surface area contributed by atoms with Crippen LogP contribution in [0.5, 0.6) is 0 Å². The van der Waals surface area contributed by atoms with Gasteiger partial charge < -0.3 is 10.1 Å². The second-order valence-electron chi connectivity index (χ2n) is 5.14. The van der Waals surface area contributed by atoms with Crippen molar-refractivity contribution in [1.82, 2.24) is 9.97 Å². The Morgan fingerprint density at radius 1 is 1.22 bits per heavy atom. The Balaban J connectivity index is 2.02. The van der Waals surface area contributed by atoms with Gasteiger partial charge in [0.05, 0.1) is 30.4 Å². The number of aromatic nitrogens is 2. The molecule has 2 aromatic rings. The Kier molecular flexibility index (Phi) is 4.16. The molecule has 0 saturated carbocycles. The summed E-state index contributed by atoms with van der Waals surface area (Å²) in [6.07, 6.45) is -4.36. The fraction of sp³-hybridized carbons (Fsp3) is 0.333. The molecular formula is C15H13ClF3N3O. The summed E-state index contributed by atoms with van der Waals surface area (Å²) in [7, 11) is 1.71. The third-order valence-electron chi connectivity index (χ3n) is 3.75. The molecule has 1 aromatic heterocycles. The number of alkyl halides is 3. The van der Waals surface area contributed by atoms with Gasteiger partial charge in [-0.2, -0.15) is 13.2 Å². The minimum absolute atomic E-state index is 0.0897. The Hall–Kier alpha value is -1.86. The van der Waals surface area contributed by atoms with Crippen molar-refractivity contribution in [1.29, 1.82) is 0 Å². The molecule has 1 aliphatic heterocycles. The van der Waals surface area contributed by atoms with Gasteiger partial charge in [0.15, 0.2) is 0 Å². The van der Waals surface area contributed by atoms with Crippen LogP contribution in [0.1, 0.15) is 28.3 Å². The van der Waals surface area contributed by atoms with Gasteiger partial charge in [0.25, 0.3) is 0 Å². The number of hydrogen-bond donors (Lipinski definition) is 1. The van der Waals surface area contributed by atoms with Crippen LogP contribution in [0.4, 0.5) is 19.0 Å². The van der Waals surface area contributed by atoms with E-state index in [1.807, 2.05) is 0 Å². The Bertz CT molecular complexity index is 719. The first kappa shape index (κ1) is 16.0. The second kappa shape index (κ2) is 5.98. The summed E-state index contributed by atoms with van der Waals surface area (Å²) in [5.74, 6) is 0.283.